The number of hydrogen-bond acceptors (Lipinski definition) is 3. The van der Waals surface area contributed by atoms with Crippen molar-refractivity contribution in [1.29, 1.82) is 0 Å². The normalized spacial score (nSPS) is 11.4. The van der Waals surface area contributed by atoms with Gasteiger partial charge in [-0.3, -0.25) is 4.72 Å². The second kappa shape index (κ2) is 5.65. The predicted molar refractivity (Wildman–Crippen MR) is 85.2 cm³/mol. The molecule has 2 aromatic rings. The maximum Gasteiger partial charge on any atom is 0.263 e. The minimum absolute atomic E-state index is 0.00653. The molecule has 0 unspecified atom stereocenters. The third-order valence-electron chi connectivity index (χ3n) is 2.97. The number of benzene rings is 2. The lowest BCUT2D eigenvalue weighted by atomic mass is 10.2. The Hall–Kier alpha value is -1.60. The zero-order chi connectivity index (χ0) is 15.8. The van der Waals surface area contributed by atoms with Crippen LogP contribution in [0.3, 0.4) is 0 Å². The van der Waals surface area contributed by atoms with Gasteiger partial charge in [0.1, 0.15) is 10.7 Å². The van der Waals surface area contributed by atoms with E-state index in [9.17, 15) is 12.8 Å². The minimum atomic E-state index is -3.83. The summed E-state index contributed by atoms with van der Waals surface area (Å²) in [6, 6.07) is 7.33. The topological polar surface area (TPSA) is 72.2 Å². The summed E-state index contributed by atoms with van der Waals surface area (Å²) in [6.07, 6.45) is 0. The summed E-state index contributed by atoms with van der Waals surface area (Å²) in [5, 5.41) is 0. The van der Waals surface area contributed by atoms with Crippen LogP contribution >= 0.6 is 15.9 Å². The van der Waals surface area contributed by atoms with Crippen LogP contribution < -0.4 is 10.5 Å². The van der Waals surface area contributed by atoms with Crippen LogP contribution in [0.5, 0.6) is 0 Å². The standard InChI is InChI=1S/C14H14BrFN2O2S/c1-8-3-4-14(12(17)5-8)21(19,20)18-13-7-10(15)11(16)6-9(13)2/h3-7,18H,17H2,1-2H3. The van der Waals surface area contributed by atoms with E-state index in [1.165, 1.54) is 18.2 Å². The Kier molecular flexibility index (Phi) is 4.25. The van der Waals surface area contributed by atoms with E-state index in [4.69, 9.17) is 5.73 Å². The molecule has 21 heavy (non-hydrogen) atoms. The van der Waals surface area contributed by atoms with E-state index in [1.54, 1.807) is 19.1 Å². The molecule has 0 aliphatic rings. The Balaban J connectivity index is 2.45. The molecule has 0 heterocycles. The molecule has 0 saturated carbocycles. The fraction of sp³-hybridized carbons (Fsp3) is 0.143. The zero-order valence-corrected chi connectivity index (χ0v) is 13.8. The molecule has 2 rings (SSSR count). The third-order valence-corrected chi connectivity index (χ3v) is 5.01. The molecule has 0 fully saturated rings. The van der Waals surface area contributed by atoms with Crippen LogP contribution in [0.2, 0.25) is 0 Å². The summed E-state index contributed by atoms with van der Waals surface area (Å²) in [6.45, 7) is 3.44. The molecule has 0 amide bonds. The van der Waals surface area contributed by atoms with Gasteiger partial charge in [-0.15, -0.1) is 0 Å². The van der Waals surface area contributed by atoms with Crippen LogP contribution in [0.15, 0.2) is 39.7 Å². The molecular weight excluding hydrogens is 359 g/mol. The monoisotopic (exact) mass is 372 g/mol. The number of sulfonamides is 1. The number of hydrogen-bond donors (Lipinski definition) is 2. The Labute approximate surface area is 131 Å². The number of anilines is 2. The lowest BCUT2D eigenvalue weighted by Gasteiger charge is -2.13. The van der Waals surface area contributed by atoms with E-state index in [1.807, 2.05) is 6.92 Å². The van der Waals surface area contributed by atoms with Gasteiger partial charge in [-0.05, 0) is 65.2 Å². The fourth-order valence-corrected chi connectivity index (χ4v) is 3.45. The number of nitrogens with one attached hydrogen (secondary N) is 1. The lowest BCUT2D eigenvalue weighted by Crippen LogP contribution is -2.15. The Morgan fingerprint density at radius 1 is 1.19 bits per heavy atom. The van der Waals surface area contributed by atoms with Gasteiger partial charge in [-0.2, -0.15) is 0 Å². The van der Waals surface area contributed by atoms with Crippen LogP contribution in [0.1, 0.15) is 11.1 Å². The smallest absolute Gasteiger partial charge is 0.263 e. The van der Waals surface area contributed by atoms with Crippen molar-refractivity contribution in [3.63, 3.8) is 0 Å². The second-order valence-corrected chi connectivity index (χ2v) is 7.23. The maximum absolute atomic E-state index is 13.4. The first kappa shape index (κ1) is 15.8. The Morgan fingerprint density at radius 2 is 1.86 bits per heavy atom. The Morgan fingerprint density at radius 3 is 2.48 bits per heavy atom. The van der Waals surface area contributed by atoms with Crippen molar-refractivity contribution in [2.45, 2.75) is 18.7 Å². The molecule has 0 bridgehead atoms. The van der Waals surface area contributed by atoms with E-state index in [0.717, 1.165) is 5.56 Å². The summed E-state index contributed by atoms with van der Waals surface area (Å²) < 4.78 is 40.8. The maximum atomic E-state index is 13.4. The molecule has 3 N–H and O–H groups in total. The minimum Gasteiger partial charge on any atom is -0.398 e. The van der Waals surface area contributed by atoms with E-state index >= 15 is 0 Å². The van der Waals surface area contributed by atoms with Crippen molar-refractivity contribution in [1.82, 2.24) is 0 Å². The van der Waals surface area contributed by atoms with E-state index in [0.29, 0.717) is 11.3 Å². The number of rotatable bonds is 3. The van der Waals surface area contributed by atoms with Gasteiger partial charge in [0.2, 0.25) is 0 Å². The Bertz CT molecular complexity index is 807. The highest BCUT2D eigenvalue weighted by Crippen LogP contribution is 2.28. The van der Waals surface area contributed by atoms with Crippen molar-refractivity contribution in [3.05, 3.63) is 51.7 Å². The molecular formula is C14H14BrFN2O2S. The number of nitrogen functional groups attached to an aromatic ring is 1. The largest absolute Gasteiger partial charge is 0.398 e. The van der Waals surface area contributed by atoms with Crippen molar-refractivity contribution in [2.24, 2.45) is 0 Å². The van der Waals surface area contributed by atoms with Gasteiger partial charge in [0.25, 0.3) is 10.0 Å². The SMILES string of the molecule is Cc1ccc(S(=O)(=O)Nc2cc(Br)c(F)cc2C)c(N)c1. The summed E-state index contributed by atoms with van der Waals surface area (Å²) in [4.78, 5) is -0.00653. The van der Waals surface area contributed by atoms with Crippen LogP contribution in [0.4, 0.5) is 15.8 Å². The summed E-state index contributed by atoms with van der Waals surface area (Å²) >= 11 is 3.03. The zero-order valence-electron chi connectivity index (χ0n) is 11.4. The van der Waals surface area contributed by atoms with Crippen LogP contribution in [0.25, 0.3) is 0 Å². The molecule has 7 heteroatoms. The van der Waals surface area contributed by atoms with Gasteiger partial charge in [-0.1, -0.05) is 6.07 Å². The molecule has 0 saturated heterocycles. The van der Waals surface area contributed by atoms with E-state index in [2.05, 4.69) is 20.7 Å². The van der Waals surface area contributed by atoms with Crippen LogP contribution in [-0.4, -0.2) is 8.42 Å². The summed E-state index contributed by atoms with van der Waals surface area (Å²) in [7, 11) is -3.83. The van der Waals surface area contributed by atoms with Crippen LogP contribution in [-0.2, 0) is 10.0 Å². The number of halogens is 2. The van der Waals surface area contributed by atoms with Crippen molar-refractivity contribution in [2.75, 3.05) is 10.5 Å². The highest BCUT2D eigenvalue weighted by Gasteiger charge is 2.19. The van der Waals surface area contributed by atoms with E-state index < -0.39 is 15.8 Å². The lowest BCUT2D eigenvalue weighted by molar-refractivity contribution is 0.601. The molecule has 112 valence electrons. The van der Waals surface area contributed by atoms with Gasteiger partial charge in [0.15, 0.2) is 0 Å². The first-order valence-corrected chi connectivity index (χ1v) is 8.33. The highest BCUT2D eigenvalue weighted by molar-refractivity contribution is 9.10. The van der Waals surface area contributed by atoms with Gasteiger partial charge >= 0.3 is 0 Å². The van der Waals surface area contributed by atoms with Gasteiger partial charge in [0.05, 0.1) is 15.8 Å². The first-order valence-electron chi connectivity index (χ1n) is 6.05. The van der Waals surface area contributed by atoms with Crippen molar-refractivity contribution >= 4 is 37.3 Å². The van der Waals surface area contributed by atoms with Crippen molar-refractivity contribution < 1.29 is 12.8 Å². The summed E-state index contributed by atoms with van der Waals surface area (Å²) in [5.41, 5.74) is 7.57. The highest BCUT2D eigenvalue weighted by atomic mass is 79.9. The first-order chi connectivity index (χ1) is 9.70. The van der Waals surface area contributed by atoms with Gasteiger partial charge in [0, 0.05) is 0 Å². The molecule has 0 aliphatic heterocycles. The predicted octanol–water partition coefficient (Wildman–Crippen LogP) is 3.59. The molecule has 0 atom stereocenters. The number of nitrogens with two attached hydrogens (primary N) is 1. The second-order valence-electron chi connectivity index (χ2n) is 4.73. The van der Waals surface area contributed by atoms with Gasteiger partial charge in [-0.25, -0.2) is 12.8 Å². The number of aryl methyl sites for hydroxylation is 2. The fourth-order valence-electron chi connectivity index (χ4n) is 1.87. The summed E-state index contributed by atoms with van der Waals surface area (Å²) in [5.74, 6) is -0.453. The molecule has 4 nitrogen and oxygen atoms in total. The molecule has 0 aromatic heterocycles. The van der Waals surface area contributed by atoms with Crippen molar-refractivity contribution in [3.8, 4) is 0 Å². The average molecular weight is 373 g/mol. The average Bonchev–Trinajstić information content (AvgIpc) is 2.35. The van der Waals surface area contributed by atoms with Gasteiger partial charge < -0.3 is 5.73 Å². The molecule has 0 aliphatic carbocycles. The van der Waals surface area contributed by atoms with E-state index in [-0.39, 0.29) is 15.1 Å². The third kappa shape index (κ3) is 3.36. The van der Waals surface area contributed by atoms with Crippen LogP contribution in [0, 0.1) is 19.7 Å². The molecule has 2 aromatic carbocycles. The molecule has 0 spiro atoms. The molecule has 0 radical (unpaired) electrons. The quantitative estimate of drug-likeness (QED) is 0.808.